The average Bonchev–Trinajstić information content (AvgIpc) is 3.22. The first kappa shape index (κ1) is 26.5. The van der Waals surface area contributed by atoms with Crippen LogP contribution in [0.4, 0.5) is 5.69 Å². The van der Waals surface area contributed by atoms with Gasteiger partial charge >= 0.3 is 5.97 Å². The largest absolute Gasteiger partial charge is 0.492 e. The Kier molecular flexibility index (Phi) is 8.70. The van der Waals surface area contributed by atoms with Crippen LogP contribution in [-0.2, 0) is 22.5 Å². The number of anilines is 1. The second-order valence-electron chi connectivity index (χ2n) is 9.67. The molecule has 0 aromatic heterocycles. The minimum atomic E-state index is -0.261. The third kappa shape index (κ3) is 5.90. The molecule has 6 nitrogen and oxygen atoms in total. The Labute approximate surface area is 219 Å². The molecule has 1 aliphatic rings. The first-order chi connectivity index (χ1) is 17.9. The summed E-state index contributed by atoms with van der Waals surface area (Å²) in [6, 6.07) is 15.5. The standard InChI is InChI=1S/C31H37NO5/c1-5-7-8-11-18-36-30-25-13-10-9-12-24(25)29(37-21(3)4)26-20-32(31(34)28(26)30)23-16-14-22(15-17-23)19-27(33)35-6-2/h9-10,12-17,21H,5-8,11,18-20H2,1-4H3. The van der Waals surface area contributed by atoms with Crippen LogP contribution in [0.3, 0.4) is 0 Å². The van der Waals surface area contributed by atoms with Crippen molar-refractivity contribution in [3.05, 3.63) is 65.2 Å². The highest BCUT2D eigenvalue weighted by atomic mass is 16.5. The fraction of sp³-hybridized carbons (Fsp3) is 0.419. The molecule has 1 aliphatic heterocycles. The van der Waals surface area contributed by atoms with E-state index in [4.69, 9.17) is 14.2 Å². The van der Waals surface area contributed by atoms with Crippen LogP contribution in [0.5, 0.6) is 11.5 Å². The van der Waals surface area contributed by atoms with Crippen molar-refractivity contribution in [3.63, 3.8) is 0 Å². The molecule has 0 unspecified atom stereocenters. The maximum Gasteiger partial charge on any atom is 0.310 e. The van der Waals surface area contributed by atoms with Crippen LogP contribution < -0.4 is 14.4 Å². The number of rotatable bonds is 12. The zero-order chi connectivity index (χ0) is 26.4. The van der Waals surface area contributed by atoms with Crippen molar-refractivity contribution in [3.8, 4) is 11.5 Å². The molecule has 0 N–H and O–H groups in total. The summed E-state index contributed by atoms with van der Waals surface area (Å²) in [5.74, 6) is 1.03. The number of nitrogens with zero attached hydrogens (tertiary/aromatic N) is 1. The van der Waals surface area contributed by atoms with Crippen LogP contribution in [0.1, 0.15) is 74.9 Å². The van der Waals surface area contributed by atoms with Crippen molar-refractivity contribution in [1.82, 2.24) is 0 Å². The zero-order valence-electron chi connectivity index (χ0n) is 22.3. The van der Waals surface area contributed by atoms with E-state index in [2.05, 4.69) is 6.92 Å². The van der Waals surface area contributed by atoms with Gasteiger partial charge in [-0.15, -0.1) is 0 Å². The number of benzene rings is 3. The van der Waals surface area contributed by atoms with Crippen molar-refractivity contribution < 1.29 is 23.8 Å². The summed E-state index contributed by atoms with van der Waals surface area (Å²) in [4.78, 5) is 27.5. The quantitative estimate of drug-likeness (QED) is 0.200. The van der Waals surface area contributed by atoms with Crippen LogP contribution >= 0.6 is 0 Å². The van der Waals surface area contributed by atoms with Crippen LogP contribution in [0.25, 0.3) is 10.8 Å². The molecule has 0 saturated carbocycles. The lowest BCUT2D eigenvalue weighted by Crippen LogP contribution is -2.23. The molecular weight excluding hydrogens is 466 g/mol. The number of hydrogen-bond acceptors (Lipinski definition) is 5. The lowest BCUT2D eigenvalue weighted by molar-refractivity contribution is -0.142. The highest BCUT2D eigenvalue weighted by Crippen LogP contribution is 2.46. The number of carbonyl (C=O) groups is 2. The van der Waals surface area contributed by atoms with E-state index in [0.717, 1.165) is 52.6 Å². The monoisotopic (exact) mass is 503 g/mol. The molecule has 37 heavy (non-hydrogen) atoms. The number of hydrogen-bond donors (Lipinski definition) is 0. The number of carbonyl (C=O) groups excluding carboxylic acids is 2. The topological polar surface area (TPSA) is 65.1 Å². The van der Waals surface area contributed by atoms with Gasteiger partial charge in [0, 0.05) is 22.0 Å². The number of ether oxygens (including phenoxy) is 3. The molecule has 3 aromatic carbocycles. The van der Waals surface area contributed by atoms with Gasteiger partial charge in [-0.2, -0.15) is 0 Å². The van der Waals surface area contributed by atoms with E-state index in [-0.39, 0.29) is 24.4 Å². The van der Waals surface area contributed by atoms with Gasteiger partial charge in [0.05, 0.1) is 37.8 Å². The Hall–Kier alpha value is -3.54. The van der Waals surface area contributed by atoms with E-state index in [9.17, 15) is 9.59 Å². The Morgan fingerprint density at radius 2 is 1.65 bits per heavy atom. The summed E-state index contributed by atoms with van der Waals surface area (Å²) in [6.45, 7) is 9.29. The Morgan fingerprint density at radius 1 is 0.946 bits per heavy atom. The summed E-state index contributed by atoms with van der Waals surface area (Å²) in [7, 11) is 0. The van der Waals surface area contributed by atoms with Crippen molar-refractivity contribution in [2.24, 2.45) is 0 Å². The second-order valence-corrected chi connectivity index (χ2v) is 9.67. The molecule has 0 saturated heterocycles. The minimum absolute atomic E-state index is 0.0420. The first-order valence-corrected chi connectivity index (χ1v) is 13.4. The lowest BCUT2D eigenvalue weighted by atomic mass is 9.99. The van der Waals surface area contributed by atoms with Crippen molar-refractivity contribution in [2.75, 3.05) is 18.1 Å². The van der Waals surface area contributed by atoms with Crippen LogP contribution in [0.15, 0.2) is 48.5 Å². The summed E-state index contributed by atoms with van der Waals surface area (Å²) >= 11 is 0. The molecule has 0 fully saturated rings. The van der Waals surface area contributed by atoms with Crippen molar-refractivity contribution in [2.45, 2.75) is 72.4 Å². The van der Waals surface area contributed by atoms with E-state index in [1.54, 1.807) is 11.8 Å². The summed E-state index contributed by atoms with van der Waals surface area (Å²) in [6.07, 6.45) is 4.54. The third-order valence-electron chi connectivity index (χ3n) is 6.49. The summed E-state index contributed by atoms with van der Waals surface area (Å²) in [5, 5.41) is 1.85. The summed E-state index contributed by atoms with van der Waals surface area (Å²) < 4.78 is 17.7. The molecule has 196 valence electrons. The normalized spacial score (nSPS) is 12.8. The molecule has 0 bridgehead atoms. The van der Waals surface area contributed by atoms with E-state index in [1.807, 2.05) is 62.4 Å². The molecule has 0 aliphatic carbocycles. The Balaban J connectivity index is 1.71. The Bertz CT molecular complexity index is 1250. The highest BCUT2D eigenvalue weighted by Gasteiger charge is 2.37. The molecular formula is C31H37NO5. The number of esters is 1. The fourth-order valence-corrected chi connectivity index (χ4v) is 4.77. The minimum Gasteiger partial charge on any atom is -0.492 e. The van der Waals surface area contributed by atoms with Gasteiger partial charge in [-0.1, -0.05) is 62.6 Å². The first-order valence-electron chi connectivity index (χ1n) is 13.4. The SMILES string of the molecule is CCCCCCOc1c2c(c(OC(C)C)c3ccccc13)CN(c1ccc(CC(=O)OCC)cc1)C2=O. The van der Waals surface area contributed by atoms with E-state index in [0.29, 0.717) is 31.1 Å². The second kappa shape index (κ2) is 12.1. The van der Waals surface area contributed by atoms with E-state index >= 15 is 0 Å². The number of fused-ring (bicyclic) bond motifs is 2. The zero-order valence-corrected chi connectivity index (χ0v) is 22.3. The number of amides is 1. The van der Waals surface area contributed by atoms with Gasteiger partial charge in [0.15, 0.2) is 0 Å². The molecule has 0 atom stereocenters. The summed E-state index contributed by atoms with van der Waals surface area (Å²) in [5.41, 5.74) is 3.05. The van der Waals surface area contributed by atoms with Gasteiger partial charge in [0.1, 0.15) is 11.5 Å². The molecule has 3 aromatic rings. The maximum atomic E-state index is 13.9. The maximum absolute atomic E-state index is 13.9. The van der Waals surface area contributed by atoms with Crippen molar-refractivity contribution >= 4 is 28.3 Å². The van der Waals surface area contributed by atoms with Crippen LogP contribution in [0.2, 0.25) is 0 Å². The van der Waals surface area contributed by atoms with Gasteiger partial charge in [0.25, 0.3) is 5.91 Å². The molecule has 6 heteroatoms. The number of unbranched alkanes of at least 4 members (excludes halogenated alkanes) is 3. The third-order valence-corrected chi connectivity index (χ3v) is 6.49. The highest BCUT2D eigenvalue weighted by molar-refractivity contribution is 6.16. The Morgan fingerprint density at radius 3 is 2.30 bits per heavy atom. The van der Waals surface area contributed by atoms with Gasteiger partial charge in [-0.3, -0.25) is 9.59 Å². The van der Waals surface area contributed by atoms with Crippen LogP contribution in [-0.4, -0.2) is 31.2 Å². The van der Waals surface area contributed by atoms with Gasteiger partial charge in [-0.25, -0.2) is 0 Å². The smallest absolute Gasteiger partial charge is 0.310 e. The predicted molar refractivity (Wildman–Crippen MR) is 147 cm³/mol. The van der Waals surface area contributed by atoms with Gasteiger partial charge in [-0.05, 0) is 44.9 Å². The van der Waals surface area contributed by atoms with Gasteiger partial charge in [0.2, 0.25) is 0 Å². The van der Waals surface area contributed by atoms with Crippen molar-refractivity contribution in [1.29, 1.82) is 0 Å². The van der Waals surface area contributed by atoms with E-state index in [1.165, 1.54) is 6.42 Å². The molecule has 0 radical (unpaired) electrons. The molecule has 1 amide bonds. The average molecular weight is 504 g/mol. The van der Waals surface area contributed by atoms with Crippen LogP contribution in [0, 0.1) is 0 Å². The molecule has 0 spiro atoms. The molecule has 1 heterocycles. The van der Waals surface area contributed by atoms with Gasteiger partial charge < -0.3 is 19.1 Å². The predicted octanol–water partition coefficient (Wildman–Crippen LogP) is 6.85. The fourth-order valence-electron chi connectivity index (χ4n) is 4.77. The molecule has 4 rings (SSSR count). The van der Waals surface area contributed by atoms with E-state index < -0.39 is 0 Å². The lowest BCUT2D eigenvalue weighted by Gasteiger charge is -2.19.